The zero-order valence-corrected chi connectivity index (χ0v) is 26.3. The summed E-state index contributed by atoms with van der Waals surface area (Å²) in [6.45, 7) is 16.5. The molecule has 0 bridgehead atoms. The molecule has 0 aromatic heterocycles. The van der Waals surface area contributed by atoms with Crippen LogP contribution in [0.3, 0.4) is 0 Å². The number of halogens is 1. The molecule has 0 aliphatic rings. The lowest BCUT2D eigenvalue weighted by Gasteiger charge is -2.37. The summed E-state index contributed by atoms with van der Waals surface area (Å²) in [6, 6.07) is -0.543. The van der Waals surface area contributed by atoms with Crippen LogP contribution in [0.4, 0.5) is 0 Å². The molecule has 0 aromatic carbocycles. The average molecular weight is 610 g/mol. The highest BCUT2D eigenvalue weighted by Gasteiger charge is 2.45. The fourth-order valence-corrected chi connectivity index (χ4v) is 4.61. The fraction of sp³-hybridized carbons (Fsp3) is 0.800. The predicted octanol–water partition coefficient (Wildman–Crippen LogP) is 3.78. The van der Waals surface area contributed by atoms with Crippen LogP contribution in [0.1, 0.15) is 73.6 Å². The van der Waals surface area contributed by atoms with E-state index in [2.05, 4.69) is 46.2 Å². The third-order valence-corrected chi connectivity index (χ3v) is 7.31. The van der Waals surface area contributed by atoms with Gasteiger partial charge in [-0.25, -0.2) is 4.79 Å². The van der Waals surface area contributed by atoms with Crippen molar-refractivity contribution in [3.05, 3.63) is 0 Å². The number of alkyl halides is 1. The molecule has 2 amide bonds. The van der Waals surface area contributed by atoms with Crippen molar-refractivity contribution >= 4 is 53.7 Å². The molecule has 37 heavy (non-hydrogen) atoms. The second-order valence-corrected chi connectivity index (χ2v) is 18.6. The fourth-order valence-electron chi connectivity index (χ4n) is 3.27. The van der Waals surface area contributed by atoms with Crippen molar-refractivity contribution in [2.75, 3.05) is 5.33 Å². The van der Waals surface area contributed by atoms with Gasteiger partial charge in [0.05, 0.1) is 5.33 Å². The molecule has 0 heterocycles. The van der Waals surface area contributed by atoms with Gasteiger partial charge in [0.2, 0.25) is 11.8 Å². The molecule has 10 nitrogen and oxygen atoms in total. The van der Waals surface area contributed by atoms with Gasteiger partial charge in [0, 0.05) is 20.9 Å². The van der Waals surface area contributed by atoms with Gasteiger partial charge < -0.3 is 25.2 Å². The number of hydrogen-bond acceptors (Lipinski definition) is 7. The maximum atomic E-state index is 13.5. The Morgan fingerprint density at radius 3 is 1.86 bits per heavy atom. The number of carbonyl (C=O) groups is 5. The summed E-state index contributed by atoms with van der Waals surface area (Å²) in [5, 5.41) is 14.6. The van der Waals surface area contributed by atoms with Crippen LogP contribution in [0, 0.1) is 0 Å². The van der Waals surface area contributed by atoms with Gasteiger partial charge in [0.1, 0.15) is 22.8 Å². The Hall–Kier alpha value is -1.95. The van der Waals surface area contributed by atoms with E-state index in [9.17, 15) is 29.1 Å². The Bertz CT molecular complexity index is 830. The number of carboxylic acid groups (broad SMARTS) is 1. The summed E-state index contributed by atoms with van der Waals surface area (Å²) in [5.41, 5.74) is -3.21. The minimum atomic E-state index is -1.73. The molecule has 0 aliphatic carbocycles. The number of rotatable bonds is 14. The van der Waals surface area contributed by atoms with Gasteiger partial charge in [0.15, 0.2) is 0 Å². The van der Waals surface area contributed by atoms with E-state index in [1.165, 1.54) is 0 Å². The Morgan fingerprint density at radius 1 is 0.892 bits per heavy atom. The maximum absolute atomic E-state index is 13.5. The third kappa shape index (κ3) is 15.8. The number of carbonyl (C=O) groups excluding carboxylic acids is 4. The lowest BCUT2D eigenvalue weighted by atomic mass is 9.89. The minimum absolute atomic E-state index is 0.0726. The first kappa shape index (κ1) is 35.0. The quantitative estimate of drug-likeness (QED) is 0.153. The number of aliphatic carboxylic acids is 1. The zero-order chi connectivity index (χ0) is 29.2. The Kier molecular flexibility index (Phi) is 13.5. The summed E-state index contributed by atoms with van der Waals surface area (Å²) in [7, 11) is -1.73. The van der Waals surface area contributed by atoms with Crippen molar-refractivity contribution in [1.29, 1.82) is 0 Å². The molecule has 12 heteroatoms. The number of ether oxygens (including phenoxy) is 2. The Labute approximate surface area is 230 Å². The normalized spacial score (nSPS) is 14.6. The van der Waals surface area contributed by atoms with E-state index < -0.39 is 60.6 Å². The molecule has 3 N–H and O–H groups in total. The summed E-state index contributed by atoms with van der Waals surface area (Å²) in [6.07, 6.45) is -0.597. The first-order chi connectivity index (χ1) is 16.6. The SMILES string of the molecule is CC(C)(C)OC(=O)CC[C@H](NC(=O)CBr)C(=O)N[C@@](CCC(=O)O)(CC[Si](C)(C)C)C(=O)OC(C)(C)C. The minimum Gasteiger partial charge on any atom is -0.481 e. The topological polar surface area (TPSA) is 148 Å². The highest BCUT2D eigenvalue weighted by molar-refractivity contribution is 9.09. The average Bonchev–Trinajstić information content (AvgIpc) is 2.69. The highest BCUT2D eigenvalue weighted by Crippen LogP contribution is 2.28. The van der Waals surface area contributed by atoms with Crippen LogP contribution >= 0.6 is 15.9 Å². The second-order valence-electron chi connectivity index (χ2n) is 12.4. The standard InChI is InChI=1S/C25H45BrN2O8Si/c1-23(2,3)35-20(32)11-10-17(27-18(29)16-26)21(33)28-25(13-12-19(30)31,14-15-37(7,8)9)22(34)36-24(4,5)6/h17H,10-16H2,1-9H3,(H,27,29)(H,28,33)(H,30,31)/t17-,25-/m0/s1. The molecule has 0 saturated carbocycles. The van der Waals surface area contributed by atoms with Crippen molar-refractivity contribution in [3.63, 3.8) is 0 Å². The zero-order valence-electron chi connectivity index (χ0n) is 23.7. The molecule has 0 aliphatic heterocycles. The molecular formula is C25H45BrN2O8Si. The summed E-state index contributed by atoms with van der Waals surface area (Å²) < 4.78 is 10.9. The molecule has 0 unspecified atom stereocenters. The van der Waals surface area contributed by atoms with E-state index in [0.29, 0.717) is 6.04 Å². The van der Waals surface area contributed by atoms with Crippen molar-refractivity contribution in [3.8, 4) is 0 Å². The lowest BCUT2D eigenvalue weighted by Crippen LogP contribution is -2.61. The van der Waals surface area contributed by atoms with Crippen LogP contribution in [0.2, 0.25) is 25.7 Å². The number of amides is 2. The van der Waals surface area contributed by atoms with E-state index >= 15 is 0 Å². The van der Waals surface area contributed by atoms with E-state index in [1.807, 2.05) is 0 Å². The first-order valence-corrected chi connectivity index (χ1v) is 17.3. The largest absolute Gasteiger partial charge is 0.481 e. The number of esters is 2. The predicted molar refractivity (Wildman–Crippen MR) is 147 cm³/mol. The number of carboxylic acids is 1. The van der Waals surface area contributed by atoms with Gasteiger partial charge in [0.25, 0.3) is 0 Å². The van der Waals surface area contributed by atoms with Gasteiger partial charge in [-0.05, 0) is 60.8 Å². The van der Waals surface area contributed by atoms with Crippen LogP contribution in [-0.2, 0) is 33.4 Å². The Balaban J connectivity index is 6.22. The Morgan fingerprint density at radius 2 is 1.43 bits per heavy atom. The van der Waals surface area contributed by atoms with Crippen LogP contribution in [-0.4, -0.2) is 71.0 Å². The molecule has 0 saturated heterocycles. The monoisotopic (exact) mass is 608 g/mol. The van der Waals surface area contributed by atoms with Gasteiger partial charge in [-0.15, -0.1) is 0 Å². The molecule has 0 fully saturated rings. The first-order valence-electron chi connectivity index (χ1n) is 12.4. The summed E-state index contributed by atoms with van der Waals surface area (Å²) >= 11 is 3.05. The second kappa shape index (κ2) is 14.3. The van der Waals surface area contributed by atoms with Gasteiger partial charge in [-0.1, -0.05) is 41.6 Å². The van der Waals surface area contributed by atoms with Gasteiger partial charge in [-0.3, -0.25) is 19.2 Å². The van der Waals surface area contributed by atoms with E-state index in [4.69, 9.17) is 9.47 Å². The van der Waals surface area contributed by atoms with Crippen LogP contribution in [0.25, 0.3) is 0 Å². The van der Waals surface area contributed by atoms with Crippen molar-refractivity contribution in [1.82, 2.24) is 10.6 Å². The smallest absolute Gasteiger partial charge is 0.332 e. The molecule has 0 aromatic rings. The maximum Gasteiger partial charge on any atom is 0.332 e. The molecule has 0 rings (SSSR count). The molecule has 214 valence electrons. The molecular weight excluding hydrogens is 564 g/mol. The lowest BCUT2D eigenvalue weighted by molar-refractivity contribution is -0.166. The van der Waals surface area contributed by atoms with Crippen LogP contribution < -0.4 is 10.6 Å². The van der Waals surface area contributed by atoms with Crippen molar-refractivity contribution in [2.45, 2.75) is 122 Å². The summed E-state index contributed by atoms with van der Waals surface area (Å²) in [5.74, 6) is -3.58. The van der Waals surface area contributed by atoms with E-state index in [1.54, 1.807) is 41.5 Å². The third-order valence-electron chi connectivity index (χ3n) is 5.05. The summed E-state index contributed by atoms with van der Waals surface area (Å²) in [4.78, 5) is 62.9. The molecule has 0 radical (unpaired) electrons. The van der Waals surface area contributed by atoms with Gasteiger partial charge >= 0.3 is 17.9 Å². The highest BCUT2D eigenvalue weighted by atomic mass is 79.9. The van der Waals surface area contributed by atoms with Crippen LogP contribution in [0.15, 0.2) is 0 Å². The van der Waals surface area contributed by atoms with Gasteiger partial charge in [-0.2, -0.15) is 0 Å². The van der Waals surface area contributed by atoms with Crippen molar-refractivity contribution in [2.24, 2.45) is 0 Å². The van der Waals surface area contributed by atoms with E-state index in [0.717, 1.165) is 0 Å². The number of hydrogen-bond donors (Lipinski definition) is 3. The van der Waals surface area contributed by atoms with Crippen molar-refractivity contribution < 1.29 is 38.6 Å². The molecule has 0 spiro atoms. The van der Waals surface area contributed by atoms with E-state index in [-0.39, 0.29) is 37.4 Å². The molecule has 2 atom stereocenters. The van der Waals surface area contributed by atoms with Crippen LogP contribution in [0.5, 0.6) is 0 Å². The number of nitrogens with one attached hydrogen (secondary N) is 2.